The largest absolute Gasteiger partial charge is 0.394 e. The lowest BCUT2D eigenvalue weighted by molar-refractivity contribution is 0.181. The fourth-order valence-electron chi connectivity index (χ4n) is 2.19. The predicted molar refractivity (Wildman–Crippen MR) is 78.3 cm³/mol. The summed E-state index contributed by atoms with van der Waals surface area (Å²) in [7, 11) is 2.06. The van der Waals surface area contributed by atoms with Crippen LogP contribution < -0.4 is 10.2 Å². The van der Waals surface area contributed by atoms with E-state index in [1.807, 2.05) is 6.92 Å². The number of nitrogens with one attached hydrogen (secondary N) is 1. The van der Waals surface area contributed by atoms with Crippen LogP contribution in [0.3, 0.4) is 0 Å². The standard InChI is InChI=1S/C15H26N2O/c1-5-13-7-9-14(10-8-13)17(4)11-15(3,12-18)16-6-2/h7-10,16,18H,5-6,11-12H2,1-4H3. The maximum Gasteiger partial charge on any atom is 0.0627 e. The molecule has 1 rings (SSSR count). The number of hydrogen-bond acceptors (Lipinski definition) is 3. The molecule has 0 amide bonds. The van der Waals surface area contributed by atoms with Gasteiger partial charge in [-0.3, -0.25) is 0 Å². The third kappa shape index (κ3) is 4.00. The second-order valence-electron chi connectivity index (χ2n) is 5.13. The molecule has 0 aliphatic carbocycles. The van der Waals surface area contributed by atoms with Gasteiger partial charge in [-0.1, -0.05) is 26.0 Å². The molecule has 1 atom stereocenters. The molecule has 0 heterocycles. The second-order valence-corrected chi connectivity index (χ2v) is 5.13. The van der Waals surface area contributed by atoms with Gasteiger partial charge in [-0.15, -0.1) is 0 Å². The van der Waals surface area contributed by atoms with E-state index in [2.05, 4.69) is 55.4 Å². The van der Waals surface area contributed by atoms with Gasteiger partial charge in [-0.25, -0.2) is 0 Å². The normalized spacial score (nSPS) is 14.3. The molecule has 102 valence electrons. The summed E-state index contributed by atoms with van der Waals surface area (Å²) in [5.41, 5.74) is 2.28. The summed E-state index contributed by atoms with van der Waals surface area (Å²) in [6, 6.07) is 8.61. The smallest absolute Gasteiger partial charge is 0.0627 e. The molecule has 3 nitrogen and oxygen atoms in total. The summed E-state index contributed by atoms with van der Waals surface area (Å²) in [4.78, 5) is 2.18. The van der Waals surface area contributed by atoms with E-state index < -0.39 is 0 Å². The fourth-order valence-corrected chi connectivity index (χ4v) is 2.19. The average molecular weight is 250 g/mol. The number of nitrogens with zero attached hydrogens (tertiary/aromatic N) is 1. The molecule has 2 N–H and O–H groups in total. The van der Waals surface area contributed by atoms with Crippen LogP contribution in [0.4, 0.5) is 5.69 Å². The number of rotatable bonds is 7. The van der Waals surface area contributed by atoms with Crippen molar-refractivity contribution in [1.82, 2.24) is 5.32 Å². The van der Waals surface area contributed by atoms with Crippen molar-refractivity contribution in [3.05, 3.63) is 29.8 Å². The first kappa shape index (κ1) is 15.0. The van der Waals surface area contributed by atoms with Gasteiger partial charge in [0.05, 0.1) is 12.1 Å². The Kier molecular flexibility index (Phi) is 5.63. The minimum atomic E-state index is -0.257. The zero-order valence-corrected chi connectivity index (χ0v) is 12.0. The Balaban J connectivity index is 2.70. The van der Waals surface area contributed by atoms with Crippen molar-refractivity contribution in [1.29, 1.82) is 0 Å². The van der Waals surface area contributed by atoms with Crippen LogP contribution in [0.25, 0.3) is 0 Å². The van der Waals surface area contributed by atoms with E-state index >= 15 is 0 Å². The van der Waals surface area contributed by atoms with Crippen LogP contribution in [0.2, 0.25) is 0 Å². The predicted octanol–water partition coefficient (Wildman–Crippen LogP) is 2.05. The number of aliphatic hydroxyl groups excluding tert-OH is 1. The Morgan fingerprint density at radius 3 is 2.28 bits per heavy atom. The highest BCUT2D eigenvalue weighted by molar-refractivity contribution is 5.47. The summed E-state index contributed by atoms with van der Waals surface area (Å²) >= 11 is 0. The van der Waals surface area contributed by atoms with Gasteiger partial charge in [-0.05, 0) is 37.6 Å². The molecule has 0 bridgehead atoms. The van der Waals surface area contributed by atoms with Crippen molar-refractivity contribution >= 4 is 5.69 Å². The lowest BCUT2D eigenvalue weighted by atomic mass is 10.0. The van der Waals surface area contributed by atoms with Crippen LogP contribution in [-0.2, 0) is 6.42 Å². The van der Waals surface area contributed by atoms with Gasteiger partial charge in [0.25, 0.3) is 0 Å². The number of anilines is 1. The summed E-state index contributed by atoms with van der Waals surface area (Å²) in [5, 5.41) is 12.8. The van der Waals surface area contributed by atoms with Crippen LogP contribution in [0.5, 0.6) is 0 Å². The second kappa shape index (κ2) is 6.76. The van der Waals surface area contributed by atoms with E-state index in [1.165, 1.54) is 11.3 Å². The maximum absolute atomic E-state index is 9.51. The molecule has 1 aromatic rings. The third-order valence-corrected chi connectivity index (χ3v) is 3.32. The van der Waals surface area contributed by atoms with Crippen LogP contribution >= 0.6 is 0 Å². The number of likely N-dealkylation sites (N-methyl/N-ethyl adjacent to an activating group) is 2. The van der Waals surface area contributed by atoms with Crippen molar-refractivity contribution in [2.75, 3.05) is 31.6 Å². The number of hydrogen-bond donors (Lipinski definition) is 2. The highest BCUT2D eigenvalue weighted by Gasteiger charge is 2.23. The molecule has 0 radical (unpaired) electrons. The zero-order chi connectivity index (χ0) is 13.6. The average Bonchev–Trinajstić information content (AvgIpc) is 2.39. The Bertz CT molecular complexity index is 350. The highest BCUT2D eigenvalue weighted by Crippen LogP contribution is 2.16. The molecule has 0 saturated heterocycles. The van der Waals surface area contributed by atoms with Gasteiger partial charge in [-0.2, -0.15) is 0 Å². The summed E-state index contributed by atoms with van der Waals surface area (Å²) in [6.45, 7) is 8.05. The molecule has 3 heteroatoms. The summed E-state index contributed by atoms with van der Waals surface area (Å²) in [5.74, 6) is 0. The first-order valence-electron chi connectivity index (χ1n) is 6.70. The molecule has 0 aliphatic heterocycles. The van der Waals surface area contributed by atoms with E-state index in [0.717, 1.165) is 19.5 Å². The summed E-state index contributed by atoms with van der Waals surface area (Å²) in [6.07, 6.45) is 1.07. The Morgan fingerprint density at radius 2 is 1.83 bits per heavy atom. The Hall–Kier alpha value is -1.06. The molecular weight excluding hydrogens is 224 g/mol. The van der Waals surface area contributed by atoms with Crippen molar-refractivity contribution in [3.63, 3.8) is 0 Å². The van der Waals surface area contributed by atoms with E-state index in [-0.39, 0.29) is 12.1 Å². The van der Waals surface area contributed by atoms with Crippen LogP contribution in [-0.4, -0.2) is 37.4 Å². The summed E-state index contributed by atoms with van der Waals surface area (Å²) < 4.78 is 0. The van der Waals surface area contributed by atoms with Gasteiger partial charge in [0.15, 0.2) is 0 Å². The van der Waals surface area contributed by atoms with E-state index in [9.17, 15) is 5.11 Å². The molecule has 1 aromatic carbocycles. The molecule has 0 spiro atoms. The fraction of sp³-hybridized carbons (Fsp3) is 0.600. The molecular formula is C15H26N2O. The van der Waals surface area contributed by atoms with Crippen molar-refractivity contribution in [3.8, 4) is 0 Å². The van der Waals surface area contributed by atoms with Gasteiger partial charge in [0.1, 0.15) is 0 Å². The first-order valence-corrected chi connectivity index (χ1v) is 6.70. The van der Waals surface area contributed by atoms with Crippen LogP contribution in [0, 0.1) is 0 Å². The quantitative estimate of drug-likeness (QED) is 0.777. The number of aliphatic hydroxyl groups is 1. The minimum absolute atomic E-state index is 0.137. The van der Waals surface area contributed by atoms with E-state index in [4.69, 9.17) is 0 Å². The van der Waals surface area contributed by atoms with E-state index in [0.29, 0.717) is 0 Å². The number of aryl methyl sites for hydroxylation is 1. The van der Waals surface area contributed by atoms with Gasteiger partial charge in [0, 0.05) is 19.3 Å². The lowest BCUT2D eigenvalue weighted by Crippen LogP contribution is -2.53. The van der Waals surface area contributed by atoms with Crippen molar-refractivity contribution in [2.45, 2.75) is 32.7 Å². The molecule has 1 unspecified atom stereocenters. The zero-order valence-electron chi connectivity index (χ0n) is 12.0. The maximum atomic E-state index is 9.51. The molecule has 18 heavy (non-hydrogen) atoms. The Labute approximate surface area is 111 Å². The van der Waals surface area contributed by atoms with Crippen molar-refractivity contribution in [2.24, 2.45) is 0 Å². The lowest BCUT2D eigenvalue weighted by Gasteiger charge is -2.34. The monoisotopic (exact) mass is 250 g/mol. The van der Waals surface area contributed by atoms with Crippen molar-refractivity contribution < 1.29 is 5.11 Å². The molecule has 0 fully saturated rings. The molecule has 0 aliphatic rings. The first-order chi connectivity index (χ1) is 8.54. The molecule has 0 saturated carbocycles. The van der Waals surface area contributed by atoms with Crippen LogP contribution in [0.15, 0.2) is 24.3 Å². The Morgan fingerprint density at radius 1 is 1.22 bits per heavy atom. The van der Waals surface area contributed by atoms with Gasteiger partial charge < -0.3 is 15.3 Å². The van der Waals surface area contributed by atoms with E-state index in [1.54, 1.807) is 0 Å². The van der Waals surface area contributed by atoms with Gasteiger partial charge >= 0.3 is 0 Å². The SMILES string of the molecule is CCNC(C)(CO)CN(C)c1ccc(CC)cc1. The van der Waals surface area contributed by atoms with Gasteiger partial charge in [0.2, 0.25) is 0 Å². The minimum Gasteiger partial charge on any atom is -0.394 e. The third-order valence-electron chi connectivity index (χ3n) is 3.32. The molecule has 0 aromatic heterocycles. The topological polar surface area (TPSA) is 35.5 Å². The van der Waals surface area contributed by atoms with Crippen LogP contribution in [0.1, 0.15) is 26.3 Å². The number of benzene rings is 1. The highest BCUT2D eigenvalue weighted by atomic mass is 16.3.